The summed E-state index contributed by atoms with van der Waals surface area (Å²) in [5.74, 6) is -0.236. The molecule has 2 heterocycles. The minimum atomic E-state index is -0.236. The van der Waals surface area contributed by atoms with E-state index in [0.717, 1.165) is 27.5 Å². The summed E-state index contributed by atoms with van der Waals surface area (Å²) in [5, 5.41) is 5.91. The van der Waals surface area contributed by atoms with Crippen molar-refractivity contribution in [1.82, 2.24) is 15.0 Å². The molecule has 1 N–H and O–H groups in total. The van der Waals surface area contributed by atoms with Gasteiger partial charge in [-0.15, -0.1) is 11.3 Å². The molecule has 23 heavy (non-hydrogen) atoms. The smallest absolute Gasteiger partial charge is 0.274 e. The van der Waals surface area contributed by atoms with E-state index in [-0.39, 0.29) is 5.91 Å². The highest BCUT2D eigenvalue weighted by molar-refractivity contribution is 7.09. The minimum Gasteiger partial charge on any atom is -0.321 e. The molecule has 0 unspecified atom stereocenters. The van der Waals surface area contributed by atoms with Crippen molar-refractivity contribution in [1.29, 1.82) is 0 Å². The van der Waals surface area contributed by atoms with Gasteiger partial charge in [0.1, 0.15) is 12.0 Å². The quantitative estimate of drug-likeness (QED) is 0.796. The SMILES string of the molecule is Cc1nc(-c2cccc(NC(=O)c3ncnc(C)c3C)c2)cs1. The first kappa shape index (κ1) is 15.3. The first-order chi connectivity index (χ1) is 11.0. The average Bonchev–Trinajstić information content (AvgIpc) is 2.97. The Hall–Kier alpha value is -2.60. The lowest BCUT2D eigenvalue weighted by molar-refractivity contribution is 0.102. The molecule has 2 aromatic heterocycles. The summed E-state index contributed by atoms with van der Waals surface area (Å²) >= 11 is 1.60. The van der Waals surface area contributed by atoms with Crippen molar-refractivity contribution in [2.24, 2.45) is 0 Å². The number of aromatic nitrogens is 3. The van der Waals surface area contributed by atoms with Crippen LogP contribution in [-0.4, -0.2) is 20.9 Å². The number of carbonyl (C=O) groups is 1. The van der Waals surface area contributed by atoms with Gasteiger partial charge in [0, 0.05) is 27.9 Å². The van der Waals surface area contributed by atoms with Crippen molar-refractivity contribution >= 4 is 22.9 Å². The number of benzene rings is 1. The highest BCUT2D eigenvalue weighted by atomic mass is 32.1. The van der Waals surface area contributed by atoms with Crippen LogP contribution >= 0.6 is 11.3 Å². The number of nitrogens with one attached hydrogen (secondary N) is 1. The molecule has 1 amide bonds. The van der Waals surface area contributed by atoms with Crippen LogP contribution < -0.4 is 5.32 Å². The molecule has 6 heteroatoms. The number of aryl methyl sites for hydroxylation is 2. The fourth-order valence-electron chi connectivity index (χ4n) is 2.21. The van der Waals surface area contributed by atoms with E-state index in [9.17, 15) is 4.79 Å². The number of nitrogens with zero attached hydrogens (tertiary/aromatic N) is 3. The number of anilines is 1. The Kier molecular flexibility index (Phi) is 4.16. The largest absolute Gasteiger partial charge is 0.321 e. The standard InChI is InChI=1S/C17H16N4OS/c1-10-11(2)18-9-19-16(10)17(22)21-14-6-4-5-13(7-14)15-8-23-12(3)20-15/h4-9H,1-3H3,(H,21,22). The van der Waals surface area contributed by atoms with Crippen molar-refractivity contribution in [3.05, 3.63) is 57.9 Å². The second kappa shape index (κ2) is 6.26. The van der Waals surface area contributed by atoms with Crippen LogP contribution in [0.5, 0.6) is 0 Å². The molecular formula is C17H16N4OS. The lowest BCUT2D eigenvalue weighted by atomic mass is 10.1. The van der Waals surface area contributed by atoms with E-state index >= 15 is 0 Å². The van der Waals surface area contributed by atoms with E-state index < -0.39 is 0 Å². The molecule has 0 atom stereocenters. The molecule has 3 aromatic rings. The molecule has 0 radical (unpaired) electrons. The predicted octanol–water partition coefficient (Wildman–Crippen LogP) is 3.78. The van der Waals surface area contributed by atoms with Gasteiger partial charge in [-0.3, -0.25) is 4.79 Å². The van der Waals surface area contributed by atoms with Gasteiger partial charge in [0.05, 0.1) is 10.7 Å². The fourth-order valence-corrected chi connectivity index (χ4v) is 2.83. The van der Waals surface area contributed by atoms with E-state index in [1.54, 1.807) is 11.3 Å². The highest BCUT2D eigenvalue weighted by Crippen LogP contribution is 2.24. The first-order valence-electron chi connectivity index (χ1n) is 7.16. The molecule has 3 rings (SSSR count). The lowest BCUT2D eigenvalue weighted by Gasteiger charge is -2.09. The van der Waals surface area contributed by atoms with Gasteiger partial charge in [-0.1, -0.05) is 12.1 Å². The van der Waals surface area contributed by atoms with E-state index in [4.69, 9.17) is 0 Å². The monoisotopic (exact) mass is 324 g/mol. The van der Waals surface area contributed by atoms with Crippen LogP contribution in [0.25, 0.3) is 11.3 Å². The Labute approximate surface area is 138 Å². The van der Waals surface area contributed by atoms with Crippen molar-refractivity contribution in [2.45, 2.75) is 20.8 Å². The molecule has 0 saturated carbocycles. The van der Waals surface area contributed by atoms with Gasteiger partial charge in [-0.25, -0.2) is 15.0 Å². The first-order valence-corrected chi connectivity index (χ1v) is 8.04. The van der Waals surface area contributed by atoms with Crippen LogP contribution in [0.4, 0.5) is 5.69 Å². The summed E-state index contributed by atoms with van der Waals surface area (Å²) in [6.07, 6.45) is 1.41. The molecule has 0 fully saturated rings. The van der Waals surface area contributed by atoms with Gasteiger partial charge >= 0.3 is 0 Å². The molecule has 5 nitrogen and oxygen atoms in total. The molecule has 116 valence electrons. The second-order valence-corrected chi connectivity index (χ2v) is 6.28. The molecule has 0 spiro atoms. The average molecular weight is 324 g/mol. The zero-order valence-corrected chi connectivity index (χ0v) is 13.9. The van der Waals surface area contributed by atoms with Gasteiger partial charge in [-0.2, -0.15) is 0 Å². The number of carbonyl (C=O) groups excluding carboxylic acids is 1. The normalized spacial score (nSPS) is 10.6. The summed E-state index contributed by atoms with van der Waals surface area (Å²) in [7, 11) is 0. The molecule has 0 bridgehead atoms. The summed E-state index contributed by atoms with van der Waals surface area (Å²) in [6, 6.07) is 7.64. The van der Waals surface area contributed by atoms with E-state index in [0.29, 0.717) is 11.4 Å². The Balaban J connectivity index is 1.86. The summed E-state index contributed by atoms with van der Waals surface area (Å²) in [6.45, 7) is 5.68. The van der Waals surface area contributed by atoms with E-state index in [1.165, 1.54) is 6.33 Å². The Morgan fingerprint density at radius 2 is 2.00 bits per heavy atom. The van der Waals surface area contributed by atoms with E-state index in [2.05, 4.69) is 20.3 Å². The third kappa shape index (κ3) is 3.27. The number of rotatable bonds is 3. The Morgan fingerprint density at radius 3 is 2.74 bits per heavy atom. The molecule has 0 saturated heterocycles. The van der Waals surface area contributed by atoms with Crippen molar-refractivity contribution < 1.29 is 4.79 Å². The van der Waals surface area contributed by atoms with E-state index in [1.807, 2.05) is 50.4 Å². The minimum absolute atomic E-state index is 0.236. The summed E-state index contributed by atoms with van der Waals surface area (Å²) < 4.78 is 0. The van der Waals surface area contributed by atoms with Gasteiger partial charge in [0.15, 0.2) is 0 Å². The topological polar surface area (TPSA) is 67.8 Å². The molecular weight excluding hydrogens is 308 g/mol. The third-order valence-corrected chi connectivity index (χ3v) is 4.36. The van der Waals surface area contributed by atoms with Crippen LogP contribution in [-0.2, 0) is 0 Å². The second-order valence-electron chi connectivity index (χ2n) is 5.22. The van der Waals surface area contributed by atoms with Crippen LogP contribution in [0.2, 0.25) is 0 Å². The molecule has 0 aliphatic carbocycles. The van der Waals surface area contributed by atoms with Crippen LogP contribution in [0.1, 0.15) is 26.8 Å². The van der Waals surface area contributed by atoms with Gasteiger partial charge in [-0.05, 0) is 32.9 Å². The number of hydrogen-bond acceptors (Lipinski definition) is 5. The zero-order chi connectivity index (χ0) is 16.4. The fraction of sp³-hybridized carbons (Fsp3) is 0.176. The molecule has 0 aliphatic rings. The van der Waals surface area contributed by atoms with Gasteiger partial charge in [0.2, 0.25) is 0 Å². The number of hydrogen-bond donors (Lipinski definition) is 1. The van der Waals surface area contributed by atoms with Crippen molar-refractivity contribution in [3.63, 3.8) is 0 Å². The van der Waals surface area contributed by atoms with Crippen LogP contribution in [0.3, 0.4) is 0 Å². The lowest BCUT2D eigenvalue weighted by Crippen LogP contribution is -2.16. The highest BCUT2D eigenvalue weighted by Gasteiger charge is 2.13. The molecule has 1 aromatic carbocycles. The zero-order valence-electron chi connectivity index (χ0n) is 13.1. The maximum absolute atomic E-state index is 12.4. The van der Waals surface area contributed by atoms with Gasteiger partial charge < -0.3 is 5.32 Å². The maximum Gasteiger partial charge on any atom is 0.274 e. The van der Waals surface area contributed by atoms with Crippen molar-refractivity contribution in [3.8, 4) is 11.3 Å². The van der Waals surface area contributed by atoms with Crippen LogP contribution in [0, 0.1) is 20.8 Å². The molecule has 0 aliphatic heterocycles. The van der Waals surface area contributed by atoms with Gasteiger partial charge in [0.25, 0.3) is 5.91 Å². The predicted molar refractivity (Wildman–Crippen MR) is 91.7 cm³/mol. The number of amides is 1. The summed E-state index contributed by atoms with van der Waals surface area (Å²) in [4.78, 5) is 25.1. The maximum atomic E-state index is 12.4. The summed E-state index contributed by atoms with van der Waals surface area (Å²) in [5.41, 5.74) is 4.59. The number of thiazole rings is 1. The van der Waals surface area contributed by atoms with Crippen LogP contribution in [0.15, 0.2) is 36.0 Å². The third-order valence-electron chi connectivity index (χ3n) is 3.59. The Bertz CT molecular complexity index is 873. The Morgan fingerprint density at radius 1 is 1.17 bits per heavy atom. The van der Waals surface area contributed by atoms with Crippen molar-refractivity contribution in [2.75, 3.05) is 5.32 Å².